The van der Waals surface area contributed by atoms with Gasteiger partial charge in [0.25, 0.3) is 5.56 Å². The first-order valence-electron chi connectivity index (χ1n) is 10.3. The van der Waals surface area contributed by atoms with Crippen LogP contribution >= 0.6 is 7.60 Å². The first kappa shape index (κ1) is 21.8. The van der Waals surface area contributed by atoms with Gasteiger partial charge in [0, 0.05) is 12.2 Å². The van der Waals surface area contributed by atoms with Crippen LogP contribution in [-0.2, 0) is 13.6 Å². The van der Waals surface area contributed by atoms with Gasteiger partial charge in [0.15, 0.2) is 0 Å². The molecule has 1 aliphatic rings. The van der Waals surface area contributed by atoms with Gasteiger partial charge in [-0.05, 0) is 45.7 Å². The summed E-state index contributed by atoms with van der Waals surface area (Å²) in [5.41, 5.74) is 0.376. The van der Waals surface area contributed by atoms with Crippen LogP contribution in [0.3, 0.4) is 0 Å². The summed E-state index contributed by atoms with van der Waals surface area (Å²) in [6.07, 6.45) is 6.27. The molecule has 0 bridgehead atoms. The SMILES string of the molecule is CCOP(=O)(OCC)c1cn(C2CCCCC2)c(=O)n(-c2ccc(C)cc2)c1=O. The molecule has 0 radical (unpaired) electrons. The van der Waals surface area contributed by atoms with Crippen molar-refractivity contribution < 1.29 is 13.6 Å². The van der Waals surface area contributed by atoms with E-state index in [9.17, 15) is 14.2 Å². The average Bonchev–Trinajstić information content (AvgIpc) is 2.70. The van der Waals surface area contributed by atoms with Crippen LogP contribution in [0.15, 0.2) is 40.1 Å². The lowest BCUT2D eigenvalue weighted by atomic mass is 9.95. The van der Waals surface area contributed by atoms with Gasteiger partial charge in [-0.3, -0.25) is 13.9 Å². The van der Waals surface area contributed by atoms with Gasteiger partial charge in [0.05, 0.1) is 18.9 Å². The molecule has 0 unspecified atom stereocenters. The molecule has 1 aromatic heterocycles. The Balaban J connectivity index is 2.29. The molecule has 2 aromatic rings. The van der Waals surface area contributed by atoms with Crippen LogP contribution in [0.25, 0.3) is 5.69 Å². The number of hydrogen-bond donors (Lipinski definition) is 0. The molecule has 8 heteroatoms. The van der Waals surface area contributed by atoms with Gasteiger partial charge in [-0.15, -0.1) is 0 Å². The first-order valence-corrected chi connectivity index (χ1v) is 11.8. The van der Waals surface area contributed by atoms with Crippen LogP contribution in [0.1, 0.15) is 57.6 Å². The second-order valence-corrected chi connectivity index (χ2v) is 9.30. The van der Waals surface area contributed by atoms with E-state index in [1.165, 1.54) is 6.20 Å². The summed E-state index contributed by atoms with van der Waals surface area (Å²) in [5.74, 6) is 0. The molecule has 1 fully saturated rings. The second kappa shape index (κ2) is 9.24. The van der Waals surface area contributed by atoms with E-state index in [1.807, 2.05) is 19.1 Å². The maximum atomic E-state index is 13.4. The number of benzene rings is 1. The Kier molecular flexibility index (Phi) is 6.93. The molecule has 1 aromatic carbocycles. The molecule has 0 spiro atoms. The van der Waals surface area contributed by atoms with E-state index in [-0.39, 0.29) is 24.6 Å². The third-order valence-corrected chi connectivity index (χ3v) is 7.34. The summed E-state index contributed by atoms with van der Waals surface area (Å²) in [7, 11) is -3.86. The highest BCUT2D eigenvalue weighted by Crippen LogP contribution is 2.45. The third-order valence-electron chi connectivity index (χ3n) is 5.25. The van der Waals surface area contributed by atoms with E-state index in [2.05, 4.69) is 0 Å². The van der Waals surface area contributed by atoms with Gasteiger partial charge < -0.3 is 9.05 Å². The fraction of sp³-hybridized carbons (Fsp3) is 0.524. The van der Waals surface area contributed by atoms with Crippen LogP contribution < -0.4 is 16.6 Å². The highest BCUT2D eigenvalue weighted by Gasteiger charge is 2.34. The molecule has 0 aliphatic heterocycles. The molecule has 29 heavy (non-hydrogen) atoms. The number of aryl methyl sites for hydroxylation is 1. The van der Waals surface area contributed by atoms with E-state index in [1.54, 1.807) is 30.5 Å². The molecular formula is C21H29N2O5P. The topological polar surface area (TPSA) is 79.5 Å². The lowest BCUT2D eigenvalue weighted by Gasteiger charge is -2.26. The molecule has 0 amide bonds. The molecular weight excluding hydrogens is 391 g/mol. The Labute approximate surface area is 170 Å². The number of rotatable bonds is 7. The fourth-order valence-corrected chi connectivity index (χ4v) is 5.44. The van der Waals surface area contributed by atoms with E-state index < -0.39 is 18.8 Å². The third kappa shape index (κ3) is 4.47. The zero-order chi connectivity index (χ0) is 21.0. The number of aromatic nitrogens is 2. The van der Waals surface area contributed by atoms with Gasteiger partial charge in [0.2, 0.25) is 0 Å². The minimum absolute atomic E-state index is 0.0380. The van der Waals surface area contributed by atoms with E-state index in [4.69, 9.17) is 9.05 Å². The number of hydrogen-bond acceptors (Lipinski definition) is 5. The highest BCUT2D eigenvalue weighted by molar-refractivity contribution is 7.62. The van der Waals surface area contributed by atoms with Crippen molar-refractivity contribution >= 4 is 12.9 Å². The maximum Gasteiger partial charge on any atom is 0.368 e. The molecule has 7 nitrogen and oxygen atoms in total. The van der Waals surface area contributed by atoms with Crippen LogP contribution in [0.4, 0.5) is 0 Å². The zero-order valence-electron chi connectivity index (χ0n) is 17.3. The molecule has 1 heterocycles. The summed E-state index contributed by atoms with van der Waals surface area (Å²) in [6.45, 7) is 5.58. The van der Waals surface area contributed by atoms with E-state index in [0.29, 0.717) is 5.69 Å². The average molecular weight is 420 g/mol. The predicted octanol–water partition coefficient (Wildman–Crippen LogP) is 3.70. The predicted molar refractivity (Wildman–Crippen MR) is 114 cm³/mol. The van der Waals surface area contributed by atoms with Crippen LogP contribution in [-0.4, -0.2) is 22.3 Å². The smallest absolute Gasteiger partial charge is 0.305 e. The van der Waals surface area contributed by atoms with Crippen molar-refractivity contribution in [2.24, 2.45) is 0 Å². The van der Waals surface area contributed by atoms with Gasteiger partial charge >= 0.3 is 13.3 Å². The van der Waals surface area contributed by atoms with Crippen molar-refractivity contribution in [2.45, 2.75) is 58.9 Å². The molecule has 0 N–H and O–H groups in total. The second-order valence-electron chi connectivity index (χ2n) is 7.31. The van der Waals surface area contributed by atoms with Crippen molar-refractivity contribution in [2.75, 3.05) is 13.2 Å². The van der Waals surface area contributed by atoms with Crippen LogP contribution in [0.5, 0.6) is 0 Å². The molecule has 0 saturated heterocycles. The van der Waals surface area contributed by atoms with Crippen molar-refractivity contribution in [3.8, 4) is 5.69 Å². The Hall–Kier alpha value is -1.95. The fourth-order valence-electron chi connectivity index (χ4n) is 3.81. The quantitative estimate of drug-likeness (QED) is 0.638. The van der Waals surface area contributed by atoms with Crippen molar-refractivity contribution in [1.29, 1.82) is 0 Å². The normalized spacial score (nSPS) is 15.6. The Morgan fingerprint density at radius 3 is 2.14 bits per heavy atom. The molecule has 3 rings (SSSR count). The summed E-state index contributed by atoms with van der Waals surface area (Å²) < 4.78 is 27.0. The van der Waals surface area contributed by atoms with Gasteiger partial charge in [-0.1, -0.05) is 37.0 Å². The minimum atomic E-state index is -3.86. The van der Waals surface area contributed by atoms with Gasteiger partial charge in [-0.2, -0.15) is 0 Å². The minimum Gasteiger partial charge on any atom is -0.305 e. The Bertz CT molecular complexity index is 993. The summed E-state index contributed by atoms with van der Waals surface area (Å²) >= 11 is 0. The van der Waals surface area contributed by atoms with Crippen molar-refractivity contribution in [3.63, 3.8) is 0 Å². The summed E-state index contributed by atoms with van der Waals surface area (Å²) in [5, 5.41) is -0.0908. The summed E-state index contributed by atoms with van der Waals surface area (Å²) in [6, 6.07) is 7.08. The number of nitrogens with zero attached hydrogens (tertiary/aromatic N) is 2. The Morgan fingerprint density at radius 2 is 1.59 bits per heavy atom. The molecule has 0 atom stereocenters. The zero-order valence-corrected chi connectivity index (χ0v) is 18.2. The van der Waals surface area contributed by atoms with Gasteiger partial charge in [-0.25, -0.2) is 9.36 Å². The summed E-state index contributed by atoms with van der Waals surface area (Å²) in [4.78, 5) is 26.6. The first-order chi connectivity index (χ1) is 13.9. The van der Waals surface area contributed by atoms with Crippen molar-refractivity contribution in [3.05, 3.63) is 56.9 Å². The highest BCUT2D eigenvalue weighted by atomic mass is 31.2. The van der Waals surface area contributed by atoms with E-state index >= 15 is 0 Å². The standard InChI is InChI=1S/C21H29N2O5P/c1-4-27-29(26,28-5-2)19-15-22(17-9-7-6-8-10-17)21(25)23(20(19)24)18-13-11-16(3)12-14-18/h11-15,17H,4-10H2,1-3H3. The molecule has 1 saturated carbocycles. The largest absolute Gasteiger partial charge is 0.368 e. The van der Waals surface area contributed by atoms with E-state index in [0.717, 1.165) is 42.2 Å². The van der Waals surface area contributed by atoms with Crippen molar-refractivity contribution in [1.82, 2.24) is 9.13 Å². The Morgan fingerprint density at radius 1 is 1.00 bits per heavy atom. The monoisotopic (exact) mass is 420 g/mol. The van der Waals surface area contributed by atoms with Crippen LogP contribution in [0, 0.1) is 6.92 Å². The van der Waals surface area contributed by atoms with Gasteiger partial charge in [0.1, 0.15) is 5.30 Å². The molecule has 1 aliphatic carbocycles. The van der Waals surface area contributed by atoms with Crippen LogP contribution in [0.2, 0.25) is 0 Å². The lowest BCUT2D eigenvalue weighted by molar-refractivity contribution is 0.229. The molecule has 158 valence electrons. The lowest BCUT2D eigenvalue weighted by Crippen LogP contribution is -2.47. The maximum absolute atomic E-state index is 13.4.